The molecule has 0 N–H and O–H groups in total. The van der Waals surface area contributed by atoms with Gasteiger partial charge in [0.1, 0.15) is 16.9 Å². The summed E-state index contributed by atoms with van der Waals surface area (Å²) in [7, 11) is 0. The molecule has 3 aromatic carbocycles. The molecule has 1 aliphatic heterocycles. The van der Waals surface area contributed by atoms with E-state index in [0.717, 1.165) is 11.4 Å². The zero-order valence-electron chi connectivity index (χ0n) is 15.7. The molecule has 0 aliphatic carbocycles. The number of rotatable bonds is 4. The van der Waals surface area contributed by atoms with Crippen molar-refractivity contribution in [2.45, 2.75) is 19.2 Å². The minimum Gasteiger partial charge on any atom is -0.457 e. The molecule has 3 nitrogen and oxygen atoms in total. The largest absolute Gasteiger partial charge is 0.457 e. The third-order valence-electron chi connectivity index (χ3n) is 4.73. The molecule has 5 heteroatoms. The molecule has 0 radical (unpaired) electrons. The van der Waals surface area contributed by atoms with Gasteiger partial charge in [-0.3, -0.25) is 9.69 Å². The molecule has 1 atom stereocenters. The van der Waals surface area contributed by atoms with Gasteiger partial charge in [-0.05, 0) is 73.5 Å². The maximum Gasteiger partial charge on any atom is 0.238 e. The molecule has 0 saturated carbocycles. The molecule has 1 fully saturated rings. The Morgan fingerprint density at radius 3 is 2.29 bits per heavy atom. The van der Waals surface area contributed by atoms with Gasteiger partial charge in [0.2, 0.25) is 5.91 Å². The van der Waals surface area contributed by atoms with Crippen molar-refractivity contribution in [3.05, 3.63) is 88.4 Å². The minimum atomic E-state index is -0.00423. The fourth-order valence-corrected chi connectivity index (χ4v) is 4.66. The Morgan fingerprint density at radius 1 is 0.964 bits per heavy atom. The van der Waals surface area contributed by atoms with Crippen molar-refractivity contribution in [2.75, 3.05) is 10.7 Å². The van der Waals surface area contributed by atoms with Crippen molar-refractivity contribution in [3.63, 3.8) is 0 Å². The molecule has 1 unspecified atom stereocenters. The second-order valence-corrected chi connectivity index (χ2v) is 8.34. The first-order valence-electron chi connectivity index (χ1n) is 9.05. The summed E-state index contributed by atoms with van der Waals surface area (Å²) in [6.45, 7) is 4.18. The molecule has 1 heterocycles. The lowest BCUT2D eigenvalue weighted by molar-refractivity contribution is -0.115. The van der Waals surface area contributed by atoms with E-state index in [9.17, 15) is 4.79 Å². The Bertz CT molecular complexity index is 1000. The van der Waals surface area contributed by atoms with Crippen molar-refractivity contribution in [2.24, 2.45) is 0 Å². The van der Waals surface area contributed by atoms with Crippen LogP contribution in [0.15, 0.2) is 66.7 Å². The average Bonchev–Trinajstić information content (AvgIpc) is 3.07. The van der Waals surface area contributed by atoms with Crippen LogP contribution in [0.2, 0.25) is 5.02 Å². The molecule has 0 spiro atoms. The van der Waals surface area contributed by atoms with Crippen molar-refractivity contribution < 1.29 is 9.53 Å². The summed E-state index contributed by atoms with van der Waals surface area (Å²) in [5.41, 5.74) is 4.47. The normalized spacial score (nSPS) is 16.5. The van der Waals surface area contributed by atoms with Crippen LogP contribution in [0.25, 0.3) is 0 Å². The summed E-state index contributed by atoms with van der Waals surface area (Å²) in [5.74, 6) is 2.05. The zero-order chi connectivity index (χ0) is 19.7. The van der Waals surface area contributed by atoms with E-state index in [1.54, 1.807) is 23.9 Å². The molecule has 0 bridgehead atoms. The van der Waals surface area contributed by atoms with Gasteiger partial charge in [-0.15, -0.1) is 11.8 Å². The van der Waals surface area contributed by atoms with E-state index in [2.05, 4.69) is 32.0 Å². The third kappa shape index (κ3) is 3.89. The summed E-state index contributed by atoms with van der Waals surface area (Å²) in [6.07, 6.45) is 0. The van der Waals surface area contributed by atoms with Crippen LogP contribution in [-0.4, -0.2) is 11.7 Å². The molecule has 1 saturated heterocycles. The van der Waals surface area contributed by atoms with Crippen LogP contribution in [0, 0.1) is 13.8 Å². The smallest absolute Gasteiger partial charge is 0.238 e. The van der Waals surface area contributed by atoms with E-state index < -0.39 is 0 Å². The molecule has 0 aromatic heterocycles. The Kier molecular flexibility index (Phi) is 5.33. The number of anilines is 1. The highest BCUT2D eigenvalue weighted by molar-refractivity contribution is 8.00. The highest BCUT2D eigenvalue weighted by Gasteiger charge is 2.34. The van der Waals surface area contributed by atoms with Gasteiger partial charge < -0.3 is 4.74 Å². The lowest BCUT2D eigenvalue weighted by Gasteiger charge is -2.26. The predicted octanol–water partition coefficient (Wildman–Crippen LogP) is 6.53. The van der Waals surface area contributed by atoms with Crippen molar-refractivity contribution in [3.8, 4) is 11.5 Å². The fourth-order valence-electron chi connectivity index (χ4n) is 3.27. The summed E-state index contributed by atoms with van der Waals surface area (Å²) in [5, 5.41) is 0.667. The maximum atomic E-state index is 12.6. The number of benzene rings is 3. The van der Waals surface area contributed by atoms with E-state index in [4.69, 9.17) is 16.3 Å². The zero-order valence-corrected chi connectivity index (χ0v) is 17.3. The third-order valence-corrected chi connectivity index (χ3v) is 6.18. The number of halogens is 1. The molecule has 4 rings (SSSR count). The standard InChI is InChI=1S/C23H20ClNO2S/c1-15-3-4-16(2)21(13-15)23-25(22(26)14-28-23)18-7-11-20(12-8-18)27-19-9-5-17(24)6-10-19/h3-13,23H,14H2,1-2H3. The summed E-state index contributed by atoms with van der Waals surface area (Å²) < 4.78 is 5.86. The predicted molar refractivity (Wildman–Crippen MR) is 117 cm³/mol. The van der Waals surface area contributed by atoms with Gasteiger partial charge >= 0.3 is 0 Å². The lowest BCUT2D eigenvalue weighted by Crippen LogP contribution is -2.28. The highest BCUT2D eigenvalue weighted by atomic mass is 35.5. The number of hydrogen-bond donors (Lipinski definition) is 0. The van der Waals surface area contributed by atoms with E-state index in [1.165, 1.54) is 16.7 Å². The second-order valence-electron chi connectivity index (χ2n) is 6.84. The summed E-state index contributed by atoms with van der Waals surface area (Å²) >= 11 is 7.58. The van der Waals surface area contributed by atoms with Crippen LogP contribution in [0.4, 0.5) is 5.69 Å². The highest BCUT2D eigenvalue weighted by Crippen LogP contribution is 2.43. The molecule has 142 valence electrons. The molecular formula is C23H20ClNO2S. The van der Waals surface area contributed by atoms with Crippen LogP contribution < -0.4 is 9.64 Å². The lowest BCUT2D eigenvalue weighted by atomic mass is 10.0. The van der Waals surface area contributed by atoms with Crippen LogP contribution >= 0.6 is 23.4 Å². The van der Waals surface area contributed by atoms with Crippen LogP contribution in [-0.2, 0) is 4.79 Å². The minimum absolute atomic E-state index is 0.00423. The molecule has 28 heavy (non-hydrogen) atoms. The topological polar surface area (TPSA) is 29.5 Å². The number of aryl methyl sites for hydroxylation is 2. The first kappa shape index (κ1) is 18.9. The molecular weight excluding hydrogens is 390 g/mol. The number of ether oxygens (including phenoxy) is 1. The van der Waals surface area contributed by atoms with Gasteiger partial charge in [0.05, 0.1) is 5.75 Å². The van der Waals surface area contributed by atoms with Crippen LogP contribution in [0.5, 0.6) is 11.5 Å². The van der Waals surface area contributed by atoms with Crippen LogP contribution in [0.1, 0.15) is 22.1 Å². The number of carbonyl (C=O) groups excluding carboxylic acids is 1. The Morgan fingerprint density at radius 2 is 1.61 bits per heavy atom. The Labute approximate surface area is 174 Å². The first-order chi connectivity index (χ1) is 13.5. The second kappa shape index (κ2) is 7.90. The molecule has 1 aliphatic rings. The van der Waals surface area contributed by atoms with E-state index in [0.29, 0.717) is 16.5 Å². The number of carbonyl (C=O) groups is 1. The van der Waals surface area contributed by atoms with E-state index in [1.807, 2.05) is 41.3 Å². The molecule has 1 amide bonds. The number of amides is 1. The first-order valence-corrected chi connectivity index (χ1v) is 10.5. The number of thioether (sulfide) groups is 1. The van der Waals surface area contributed by atoms with Gasteiger partial charge in [0, 0.05) is 10.7 Å². The monoisotopic (exact) mass is 409 g/mol. The van der Waals surface area contributed by atoms with Crippen LogP contribution in [0.3, 0.4) is 0 Å². The fraction of sp³-hybridized carbons (Fsp3) is 0.174. The van der Waals surface area contributed by atoms with E-state index >= 15 is 0 Å². The Hall–Kier alpha value is -2.43. The maximum absolute atomic E-state index is 12.6. The van der Waals surface area contributed by atoms with Gasteiger partial charge in [0.25, 0.3) is 0 Å². The summed E-state index contributed by atoms with van der Waals surface area (Å²) in [6, 6.07) is 21.3. The molecule has 3 aromatic rings. The van der Waals surface area contributed by atoms with Gasteiger partial charge in [-0.2, -0.15) is 0 Å². The SMILES string of the molecule is Cc1ccc(C)c(C2SCC(=O)N2c2ccc(Oc3ccc(Cl)cc3)cc2)c1. The van der Waals surface area contributed by atoms with Gasteiger partial charge in [-0.25, -0.2) is 0 Å². The summed E-state index contributed by atoms with van der Waals surface area (Å²) in [4.78, 5) is 14.5. The van der Waals surface area contributed by atoms with E-state index in [-0.39, 0.29) is 11.3 Å². The average molecular weight is 410 g/mol. The van der Waals surface area contributed by atoms with Gasteiger partial charge in [0.15, 0.2) is 0 Å². The quantitative estimate of drug-likeness (QED) is 0.490. The number of nitrogens with zero attached hydrogens (tertiary/aromatic N) is 1. The van der Waals surface area contributed by atoms with Crippen molar-refractivity contribution >= 4 is 35.0 Å². The van der Waals surface area contributed by atoms with Crippen molar-refractivity contribution in [1.82, 2.24) is 0 Å². The Balaban J connectivity index is 1.59. The number of hydrogen-bond acceptors (Lipinski definition) is 3. The van der Waals surface area contributed by atoms with Gasteiger partial charge in [-0.1, -0.05) is 35.4 Å². The van der Waals surface area contributed by atoms with Crippen molar-refractivity contribution in [1.29, 1.82) is 0 Å².